The van der Waals surface area contributed by atoms with Crippen LogP contribution in [0.5, 0.6) is 0 Å². The van der Waals surface area contributed by atoms with E-state index in [0.29, 0.717) is 28.9 Å². The normalized spacial score (nSPS) is 12.8. The first-order chi connectivity index (χ1) is 13.2. The molecule has 0 aliphatic heterocycles. The van der Waals surface area contributed by atoms with E-state index in [9.17, 15) is 9.59 Å². The Kier molecular flexibility index (Phi) is 5.21. The molecule has 1 aliphatic carbocycles. The summed E-state index contributed by atoms with van der Waals surface area (Å²) in [6.07, 6.45) is 4.90. The van der Waals surface area contributed by atoms with Gasteiger partial charge in [-0.15, -0.1) is 0 Å². The summed E-state index contributed by atoms with van der Waals surface area (Å²) in [6, 6.07) is 15.6. The Morgan fingerprint density at radius 1 is 1.11 bits per heavy atom. The molecule has 0 bridgehead atoms. The van der Waals surface area contributed by atoms with Crippen LogP contribution in [-0.2, 0) is 11.2 Å². The summed E-state index contributed by atoms with van der Waals surface area (Å²) in [7, 11) is 0. The average Bonchev–Trinajstić information content (AvgIpc) is 3.07. The molecule has 4 nitrogen and oxygen atoms in total. The average molecular weight is 376 g/mol. The van der Waals surface area contributed by atoms with Gasteiger partial charge in [-0.05, 0) is 36.1 Å². The smallest absolute Gasteiger partial charge is 0.259 e. The third-order valence-corrected chi connectivity index (χ3v) is 5.65. The minimum atomic E-state index is -0.119. The lowest BCUT2D eigenvalue weighted by atomic mass is 10.0. The molecule has 27 heavy (non-hydrogen) atoms. The van der Waals surface area contributed by atoms with Crippen molar-refractivity contribution in [2.24, 2.45) is 0 Å². The molecule has 0 spiro atoms. The first kappa shape index (κ1) is 17.7. The van der Waals surface area contributed by atoms with Gasteiger partial charge in [0.25, 0.3) is 5.56 Å². The predicted molar refractivity (Wildman–Crippen MR) is 110 cm³/mol. The number of benzene rings is 2. The fourth-order valence-corrected chi connectivity index (χ4v) is 4.19. The molecule has 1 heterocycles. The minimum absolute atomic E-state index is 0.119. The maximum Gasteiger partial charge on any atom is 0.259 e. The number of aromatic nitrogens is 2. The number of nitrogens with zero attached hydrogens (tertiary/aromatic N) is 1. The second-order valence-electron chi connectivity index (χ2n) is 6.73. The Hall–Kier alpha value is -2.66. The molecule has 0 fully saturated rings. The second-order valence-corrected chi connectivity index (χ2v) is 7.82. The third kappa shape index (κ3) is 4.19. The van der Waals surface area contributed by atoms with Crippen LogP contribution in [0.15, 0.2) is 64.1 Å². The van der Waals surface area contributed by atoms with Crippen molar-refractivity contribution in [1.29, 1.82) is 0 Å². The zero-order valence-corrected chi connectivity index (χ0v) is 15.7. The predicted octanol–water partition coefficient (Wildman–Crippen LogP) is 4.39. The van der Waals surface area contributed by atoms with E-state index in [1.165, 1.54) is 28.5 Å². The van der Waals surface area contributed by atoms with Crippen molar-refractivity contribution < 1.29 is 4.79 Å². The highest BCUT2D eigenvalue weighted by atomic mass is 32.2. The quantitative estimate of drug-likeness (QED) is 0.377. The minimum Gasteiger partial charge on any atom is -0.301 e. The number of carbonyl (C=O) groups is 1. The molecule has 0 atom stereocenters. The van der Waals surface area contributed by atoms with Gasteiger partial charge in [0.1, 0.15) is 5.78 Å². The van der Waals surface area contributed by atoms with Gasteiger partial charge in [-0.25, -0.2) is 4.98 Å². The molecule has 0 amide bonds. The summed E-state index contributed by atoms with van der Waals surface area (Å²) in [5.41, 5.74) is 4.33. The molecule has 1 aliphatic rings. The highest BCUT2D eigenvalue weighted by Crippen LogP contribution is 2.27. The van der Waals surface area contributed by atoms with Gasteiger partial charge in [-0.1, -0.05) is 59.8 Å². The molecule has 4 rings (SSSR count). The molecule has 5 heteroatoms. The fraction of sp³-hybridized carbons (Fsp3) is 0.227. The zero-order chi connectivity index (χ0) is 18.6. The van der Waals surface area contributed by atoms with Crippen molar-refractivity contribution >= 4 is 34.5 Å². The van der Waals surface area contributed by atoms with E-state index >= 15 is 0 Å². The van der Waals surface area contributed by atoms with E-state index in [1.807, 2.05) is 30.3 Å². The molecule has 2 aromatic carbocycles. The van der Waals surface area contributed by atoms with E-state index in [-0.39, 0.29) is 11.3 Å². The number of aromatic amines is 1. The number of ketones is 1. The highest BCUT2D eigenvalue weighted by Gasteiger charge is 2.14. The van der Waals surface area contributed by atoms with Crippen LogP contribution in [0.3, 0.4) is 0 Å². The molecular weight excluding hydrogens is 356 g/mol. The first-order valence-electron chi connectivity index (χ1n) is 9.10. The molecular formula is C22H20N2O2S. The van der Waals surface area contributed by atoms with Gasteiger partial charge >= 0.3 is 0 Å². The number of para-hydroxylation sites is 1. The van der Waals surface area contributed by atoms with Crippen molar-refractivity contribution in [3.8, 4) is 0 Å². The Labute approximate surface area is 161 Å². The third-order valence-electron chi connectivity index (χ3n) is 4.69. The summed E-state index contributed by atoms with van der Waals surface area (Å²) in [4.78, 5) is 31.6. The summed E-state index contributed by atoms with van der Waals surface area (Å²) in [5, 5.41) is 1.21. The SMILES string of the molecule is O=C(CCCSc1nc2ccccc2c(=O)[nH]1)CC1=Cc2ccccc2C1. The van der Waals surface area contributed by atoms with Crippen LogP contribution in [0.4, 0.5) is 0 Å². The maximum absolute atomic E-state index is 12.3. The molecule has 0 saturated heterocycles. The van der Waals surface area contributed by atoms with Crippen LogP contribution in [0.25, 0.3) is 17.0 Å². The lowest BCUT2D eigenvalue weighted by molar-refractivity contribution is -0.118. The monoisotopic (exact) mass is 376 g/mol. The number of nitrogens with one attached hydrogen (secondary N) is 1. The number of hydrogen-bond acceptors (Lipinski definition) is 4. The van der Waals surface area contributed by atoms with Gasteiger partial charge in [0.15, 0.2) is 5.16 Å². The van der Waals surface area contributed by atoms with Gasteiger partial charge in [0.2, 0.25) is 0 Å². The fourth-order valence-electron chi connectivity index (χ4n) is 3.38. The van der Waals surface area contributed by atoms with Crippen LogP contribution in [0.2, 0.25) is 0 Å². The number of rotatable bonds is 7. The van der Waals surface area contributed by atoms with Gasteiger partial charge in [-0.3, -0.25) is 9.59 Å². The van der Waals surface area contributed by atoms with E-state index in [2.05, 4.69) is 28.2 Å². The van der Waals surface area contributed by atoms with Crippen molar-refractivity contribution in [3.63, 3.8) is 0 Å². The molecule has 1 aromatic heterocycles. The molecule has 0 saturated carbocycles. The van der Waals surface area contributed by atoms with Gasteiger partial charge in [0.05, 0.1) is 10.9 Å². The lowest BCUT2D eigenvalue weighted by Gasteiger charge is -2.04. The van der Waals surface area contributed by atoms with Gasteiger partial charge < -0.3 is 4.98 Å². The first-order valence-corrected chi connectivity index (χ1v) is 10.1. The van der Waals surface area contributed by atoms with Crippen molar-refractivity contribution in [2.75, 3.05) is 5.75 Å². The lowest BCUT2D eigenvalue weighted by Crippen LogP contribution is -2.09. The van der Waals surface area contributed by atoms with Crippen LogP contribution < -0.4 is 5.56 Å². The van der Waals surface area contributed by atoms with Crippen molar-refractivity contribution in [1.82, 2.24) is 9.97 Å². The number of thioether (sulfide) groups is 1. The summed E-state index contributed by atoms with van der Waals surface area (Å²) in [6.45, 7) is 0. The van der Waals surface area contributed by atoms with Gasteiger partial charge in [-0.2, -0.15) is 0 Å². The molecule has 0 radical (unpaired) electrons. The van der Waals surface area contributed by atoms with Crippen LogP contribution in [0.1, 0.15) is 30.4 Å². The standard InChI is InChI=1S/C22H20N2O2S/c25-18(14-15-12-16-6-1-2-7-17(16)13-15)8-5-11-27-22-23-20-10-4-3-9-19(20)21(26)24-22/h1-4,6-7,9-10,12H,5,8,11,13-14H2,(H,23,24,26). The number of H-pyrrole nitrogens is 1. The number of allylic oxidation sites excluding steroid dienone is 1. The van der Waals surface area contributed by atoms with Gasteiger partial charge in [0, 0.05) is 18.6 Å². The maximum atomic E-state index is 12.3. The van der Waals surface area contributed by atoms with E-state index < -0.39 is 0 Å². The topological polar surface area (TPSA) is 62.8 Å². The van der Waals surface area contributed by atoms with Crippen LogP contribution >= 0.6 is 11.8 Å². The number of Topliss-reactive ketones (excluding diaryl/α,β-unsaturated/α-hetero) is 1. The van der Waals surface area contributed by atoms with E-state index in [4.69, 9.17) is 0 Å². The molecule has 3 aromatic rings. The number of carbonyl (C=O) groups excluding carboxylic acids is 1. The van der Waals surface area contributed by atoms with Crippen molar-refractivity contribution in [3.05, 3.63) is 75.6 Å². The molecule has 136 valence electrons. The van der Waals surface area contributed by atoms with Crippen molar-refractivity contribution in [2.45, 2.75) is 30.8 Å². The molecule has 1 N–H and O–H groups in total. The highest BCUT2D eigenvalue weighted by molar-refractivity contribution is 7.99. The Morgan fingerprint density at radius 2 is 1.93 bits per heavy atom. The number of fused-ring (bicyclic) bond motifs is 2. The van der Waals surface area contributed by atoms with E-state index in [0.717, 1.165) is 18.6 Å². The largest absolute Gasteiger partial charge is 0.301 e. The molecule has 0 unspecified atom stereocenters. The Morgan fingerprint density at radius 3 is 2.81 bits per heavy atom. The summed E-state index contributed by atoms with van der Waals surface area (Å²) >= 11 is 1.49. The second kappa shape index (κ2) is 7.92. The summed E-state index contributed by atoms with van der Waals surface area (Å²) < 4.78 is 0. The number of hydrogen-bond donors (Lipinski definition) is 1. The van der Waals surface area contributed by atoms with Crippen LogP contribution in [0, 0.1) is 0 Å². The summed E-state index contributed by atoms with van der Waals surface area (Å²) in [5.74, 6) is 1.03. The van der Waals surface area contributed by atoms with E-state index in [1.54, 1.807) is 6.07 Å². The zero-order valence-electron chi connectivity index (χ0n) is 14.9. The van der Waals surface area contributed by atoms with Crippen LogP contribution in [-0.4, -0.2) is 21.5 Å². The Balaban J connectivity index is 1.26. The Bertz CT molecular complexity index is 1080.